The van der Waals surface area contributed by atoms with Crippen molar-refractivity contribution in [1.82, 2.24) is 5.32 Å². The van der Waals surface area contributed by atoms with Gasteiger partial charge in [0.05, 0.1) is 0 Å². The molecule has 5 heteroatoms. The van der Waals surface area contributed by atoms with Gasteiger partial charge in [-0.15, -0.1) is 0 Å². The first-order chi connectivity index (χ1) is 9.30. The molecule has 0 bridgehead atoms. The van der Waals surface area contributed by atoms with Crippen LogP contribution in [0.15, 0.2) is 30.3 Å². The van der Waals surface area contributed by atoms with Crippen molar-refractivity contribution in [3.05, 3.63) is 41.7 Å². The average molecular weight is 279 g/mol. The van der Waals surface area contributed by atoms with Crippen LogP contribution in [0.5, 0.6) is 0 Å². The summed E-state index contributed by atoms with van der Waals surface area (Å²) >= 11 is 0. The highest BCUT2D eigenvalue weighted by atomic mass is 19.1. The van der Waals surface area contributed by atoms with Crippen molar-refractivity contribution in [2.45, 2.75) is 32.2 Å². The van der Waals surface area contributed by atoms with E-state index >= 15 is 0 Å². The van der Waals surface area contributed by atoms with Crippen molar-refractivity contribution >= 4 is 18.0 Å². The van der Waals surface area contributed by atoms with Crippen molar-refractivity contribution in [2.75, 3.05) is 0 Å². The third kappa shape index (κ3) is 5.65. The van der Waals surface area contributed by atoms with Gasteiger partial charge in [0.1, 0.15) is 5.82 Å². The number of hydrogen-bond donors (Lipinski definition) is 2. The Kier molecular flexibility index (Phi) is 5.43. The van der Waals surface area contributed by atoms with Gasteiger partial charge in [-0.2, -0.15) is 0 Å². The van der Waals surface area contributed by atoms with Gasteiger partial charge < -0.3 is 10.4 Å². The highest BCUT2D eigenvalue weighted by molar-refractivity contribution is 5.92. The molecule has 0 aliphatic rings. The molecule has 0 saturated heterocycles. The Balaban J connectivity index is 2.59. The summed E-state index contributed by atoms with van der Waals surface area (Å²) in [6.45, 7) is 3.48. The van der Waals surface area contributed by atoms with Crippen LogP contribution in [-0.4, -0.2) is 22.5 Å². The number of aliphatic carboxylic acids is 1. The van der Waals surface area contributed by atoms with Gasteiger partial charge >= 0.3 is 5.97 Å². The van der Waals surface area contributed by atoms with E-state index in [0.717, 1.165) is 0 Å². The SMILES string of the molecule is CC(C)(CCC(=O)O)NC(=O)C=Cc1ccccc1F. The second kappa shape index (κ2) is 6.84. The van der Waals surface area contributed by atoms with E-state index in [4.69, 9.17) is 5.11 Å². The summed E-state index contributed by atoms with van der Waals surface area (Å²) in [5, 5.41) is 11.3. The standard InChI is InChI=1S/C15H18FNO3/c1-15(2,10-9-14(19)20)17-13(18)8-7-11-5-3-4-6-12(11)16/h3-8H,9-10H2,1-2H3,(H,17,18)(H,19,20). The quantitative estimate of drug-likeness (QED) is 0.787. The van der Waals surface area contributed by atoms with E-state index in [2.05, 4.69) is 5.32 Å². The van der Waals surface area contributed by atoms with Crippen LogP contribution in [0, 0.1) is 5.82 Å². The summed E-state index contributed by atoms with van der Waals surface area (Å²) in [7, 11) is 0. The van der Waals surface area contributed by atoms with E-state index < -0.39 is 17.3 Å². The number of benzene rings is 1. The van der Waals surface area contributed by atoms with Crippen LogP contribution in [-0.2, 0) is 9.59 Å². The van der Waals surface area contributed by atoms with Crippen LogP contribution in [0.25, 0.3) is 6.08 Å². The molecule has 0 saturated carbocycles. The second-order valence-corrected chi connectivity index (χ2v) is 5.12. The third-order valence-electron chi connectivity index (χ3n) is 2.74. The number of carboxylic acid groups (broad SMARTS) is 1. The lowest BCUT2D eigenvalue weighted by atomic mass is 9.98. The molecule has 2 N–H and O–H groups in total. The summed E-state index contributed by atoms with van der Waals surface area (Å²) in [4.78, 5) is 22.2. The van der Waals surface area contributed by atoms with Crippen molar-refractivity contribution in [1.29, 1.82) is 0 Å². The number of rotatable bonds is 6. The first kappa shape index (κ1) is 15.9. The third-order valence-corrected chi connectivity index (χ3v) is 2.74. The molecule has 1 aromatic carbocycles. The molecule has 1 rings (SSSR count). The van der Waals surface area contributed by atoms with Gasteiger partial charge in [0.25, 0.3) is 0 Å². The highest BCUT2D eigenvalue weighted by Gasteiger charge is 2.20. The lowest BCUT2D eigenvalue weighted by Gasteiger charge is -2.24. The number of halogens is 1. The zero-order valence-electron chi connectivity index (χ0n) is 11.5. The molecule has 1 amide bonds. The van der Waals surface area contributed by atoms with Crippen molar-refractivity contribution in [3.63, 3.8) is 0 Å². The van der Waals surface area contributed by atoms with Gasteiger partial charge in [0.2, 0.25) is 5.91 Å². The molecule has 0 aromatic heterocycles. The zero-order valence-corrected chi connectivity index (χ0v) is 11.5. The molecular weight excluding hydrogens is 261 g/mol. The van der Waals surface area contributed by atoms with E-state index in [1.165, 1.54) is 18.2 Å². The predicted molar refractivity (Wildman–Crippen MR) is 74.5 cm³/mol. The van der Waals surface area contributed by atoms with E-state index in [1.807, 2.05) is 0 Å². The maximum Gasteiger partial charge on any atom is 0.303 e. The molecule has 0 fully saturated rings. The number of carbonyl (C=O) groups is 2. The van der Waals surface area contributed by atoms with Crippen molar-refractivity contribution in [2.24, 2.45) is 0 Å². The normalized spacial score (nSPS) is 11.6. The largest absolute Gasteiger partial charge is 0.481 e. The molecule has 0 radical (unpaired) electrons. The van der Waals surface area contributed by atoms with Gasteiger partial charge in [-0.3, -0.25) is 9.59 Å². The first-order valence-corrected chi connectivity index (χ1v) is 6.27. The van der Waals surface area contributed by atoms with Gasteiger partial charge in [-0.1, -0.05) is 18.2 Å². The number of carboxylic acids is 1. The molecule has 20 heavy (non-hydrogen) atoms. The van der Waals surface area contributed by atoms with Crippen molar-refractivity contribution in [3.8, 4) is 0 Å². The van der Waals surface area contributed by atoms with Crippen LogP contribution in [0.2, 0.25) is 0 Å². The average Bonchev–Trinajstić information content (AvgIpc) is 2.35. The molecule has 108 valence electrons. The summed E-state index contributed by atoms with van der Waals surface area (Å²) in [6.07, 6.45) is 2.92. The molecule has 0 spiro atoms. The Labute approximate surface area is 117 Å². The predicted octanol–water partition coefficient (Wildman–Crippen LogP) is 2.60. The topological polar surface area (TPSA) is 66.4 Å². The summed E-state index contributed by atoms with van der Waals surface area (Å²) in [5.74, 6) is -1.69. The maximum absolute atomic E-state index is 13.3. The van der Waals surface area contributed by atoms with E-state index in [1.54, 1.807) is 32.0 Å². The number of hydrogen-bond acceptors (Lipinski definition) is 2. The molecule has 0 aliphatic carbocycles. The summed E-state index contributed by atoms with van der Waals surface area (Å²) in [5.41, 5.74) is -0.305. The summed E-state index contributed by atoms with van der Waals surface area (Å²) < 4.78 is 13.3. The van der Waals surface area contributed by atoms with Gasteiger partial charge in [0, 0.05) is 23.6 Å². The number of carbonyl (C=O) groups excluding carboxylic acids is 1. The van der Waals surface area contributed by atoms with Crippen LogP contribution >= 0.6 is 0 Å². The second-order valence-electron chi connectivity index (χ2n) is 5.12. The van der Waals surface area contributed by atoms with Crippen LogP contribution in [0.4, 0.5) is 4.39 Å². The fourth-order valence-corrected chi connectivity index (χ4v) is 1.63. The van der Waals surface area contributed by atoms with E-state index in [0.29, 0.717) is 12.0 Å². The Bertz CT molecular complexity index is 524. The Morgan fingerprint density at radius 3 is 2.60 bits per heavy atom. The minimum Gasteiger partial charge on any atom is -0.481 e. The van der Waals surface area contributed by atoms with Gasteiger partial charge in [0.15, 0.2) is 0 Å². The minimum atomic E-state index is -0.908. The fourth-order valence-electron chi connectivity index (χ4n) is 1.63. The van der Waals surface area contributed by atoms with Crippen molar-refractivity contribution < 1.29 is 19.1 Å². The van der Waals surface area contributed by atoms with Crippen LogP contribution in [0.1, 0.15) is 32.3 Å². The van der Waals surface area contributed by atoms with Crippen LogP contribution < -0.4 is 5.32 Å². The van der Waals surface area contributed by atoms with E-state index in [9.17, 15) is 14.0 Å². The van der Waals surface area contributed by atoms with Gasteiger partial charge in [-0.25, -0.2) is 4.39 Å². The first-order valence-electron chi connectivity index (χ1n) is 6.27. The highest BCUT2D eigenvalue weighted by Crippen LogP contribution is 2.12. The smallest absolute Gasteiger partial charge is 0.303 e. The molecule has 0 atom stereocenters. The molecule has 1 aromatic rings. The minimum absolute atomic E-state index is 0.0235. The Morgan fingerprint density at radius 2 is 2.00 bits per heavy atom. The summed E-state index contributed by atoms with van der Waals surface area (Å²) in [6, 6.07) is 6.13. The molecule has 0 unspecified atom stereocenters. The lowest BCUT2D eigenvalue weighted by Crippen LogP contribution is -2.42. The monoisotopic (exact) mass is 279 g/mol. The van der Waals surface area contributed by atoms with E-state index in [-0.39, 0.29) is 12.3 Å². The van der Waals surface area contributed by atoms with Gasteiger partial charge in [-0.05, 0) is 32.4 Å². The Hall–Kier alpha value is -2.17. The molecular formula is C15H18FNO3. The fraction of sp³-hybridized carbons (Fsp3) is 0.333. The zero-order chi connectivity index (χ0) is 15.2. The Morgan fingerprint density at radius 1 is 1.35 bits per heavy atom. The molecule has 0 heterocycles. The molecule has 4 nitrogen and oxygen atoms in total. The molecule has 0 aliphatic heterocycles. The number of amides is 1. The number of nitrogens with one attached hydrogen (secondary N) is 1. The lowest BCUT2D eigenvalue weighted by molar-refractivity contribution is -0.137. The maximum atomic E-state index is 13.3. The van der Waals surface area contributed by atoms with Crippen LogP contribution in [0.3, 0.4) is 0 Å².